The van der Waals surface area contributed by atoms with Crippen molar-refractivity contribution in [1.82, 2.24) is 0 Å². The fraction of sp³-hybridized carbons (Fsp3) is 0.500. The molecule has 0 aromatic carbocycles. The molecule has 8 heavy (non-hydrogen) atoms. The molecule has 0 N–H and O–H groups in total. The van der Waals surface area contributed by atoms with Crippen molar-refractivity contribution < 1.29 is 13.8 Å². The van der Waals surface area contributed by atoms with Crippen LogP contribution in [0.25, 0.3) is 0 Å². The molecular formula is C4H4O3S. The van der Waals surface area contributed by atoms with Gasteiger partial charge in [0.15, 0.2) is 0 Å². The first kappa shape index (κ1) is 5.78. The van der Waals surface area contributed by atoms with E-state index in [9.17, 15) is 9.59 Å². The van der Waals surface area contributed by atoms with E-state index < -0.39 is 5.12 Å². The summed E-state index contributed by atoms with van der Waals surface area (Å²) < 4.78 is 4.60. The zero-order valence-electron chi connectivity index (χ0n) is 4.05. The van der Waals surface area contributed by atoms with Crippen molar-refractivity contribution in [1.29, 1.82) is 0 Å². The van der Waals surface area contributed by atoms with Crippen LogP contribution in [-0.4, -0.2) is 17.5 Å². The standard InChI is InChI=1S/C4H4O3S/c5-3-1-2-7-8-4(3)6/h1-2H2. The maximum atomic E-state index is 10.3. The quantitative estimate of drug-likeness (QED) is 0.347. The van der Waals surface area contributed by atoms with Crippen molar-refractivity contribution in [2.75, 3.05) is 6.61 Å². The zero-order chi connectivity index (χ0) is 5.98. The van der Waals surface area contributed by atoms with E-state index in [4.69, 9.17) is 0 Å². The Kier molecular flexibility index (Phi) is 1.65. The van der Waals surface area contributed by atoms with Gasteiger partial charge in [0.1, 0.15) is 0 Å². The first-order valence-corrected chi connectivity index (χ1v) is 2.91. The second kappa shape index (κ2) is 2.28. The van der Waals surface area contributed by atoms with Gasteiger partial charge in [-0.1, -0.05) is 0 Å². The molecule has 0 aromatic heterocycles. The largest absolute Gasteiger partial charge is 0.307 e. The van der Waals surface area contributed by atoms with Gasteiger partial charge in [0, 0.05) is 6.42 Å². The van der Waals surface area contributed by atoms with E-state index in [1.54, 1.807) is 0 Å². The summed E-state index contributed by atoms with van der Waals surface area (Å²) in [6.07, 6.45) is 0.242. The second-order valence-corrected chi connectivity index (χ2v) is 2.14. The van der Waals surface area contributed by atoms with Crippen LogP contribution in [0, 0.1) is 0 Å². The maximum absolute atomic E-state index is 10.3. The molecule has 1 aliphatic heterocycles. The van der Waals surface area contributed by atoms with Crippen molar-refractivity contribution >= 4 is 22.9 Å². The van der Waals surface area contributed by atoms with Crippen LogP contribution in [0.15, 0.2) is 0 Å². The smallest absolute Gasteiger partial charge is 0.281 e. The van der Waals surface area contributed by atoms with Gasteiger partial charge in [0.05, 0.1) is 18.6 Å². The molecule has 0 spiro atoms. The number of hydrogen-bond acceptors (Lipinski definition) is 4. The Bertz CT molecular complexity index is 115. The second-order valence-electron chi connectivity index (χ2n) is 1.37. The molecule has 0 saturated carbocycles. The van der Waals surface area contributed by atoms with E-state index in [0.29, 0.717) is 18.6 Å². The van der Waals surface area contributed by atoms with Gasteiger partial charge in [-0.25, -0.2) is 0 Å². The van der Waals surface area contributed by atoms with Crippen molar-refractivity contribution in [3.05, 3.63) is 0 Å². The van der Waals surface area contributed by atoms with Crippen LogP contribution in [0.5, 0.6) is 0 Å². The minimum Gasteiger partial charge on any atom is -0.307 e. The molecule has 1 heterocycles. The average Bonchev–Trinajstić information content (AvgIpc) is 1.77. The summed E-state index contributed by atoms with van der Waals surface area (Å²) >= 11 is 0.638. The van der Waals surface area contributed by atoms with Gasteiger partial charge < -0.3 is 4.18 Å². The number of carbonyl (C=O) groups is 2. The molecule has 0 unspecified atom stereocenters. The fourth-order valence-electron chi connectivity index (χ4n) is 0.378. The molecule has 1 rings (SSSR count). The first-order chi connectivity index (χ1) is 3.80. The highest BCUT2D eigenvalue weighted by Gasteiger charge is 2.19. The SMILES string of the molecule is O=C1CCOSC1=O. The molecular weight excluding hydrogens is 128 g/mol. The monoisotopic (exact) mass is 132 g/mol. The van der Waals surface area contributed by atoms with Crippen LogP contribution in [0.4, 0.5) is 0 Å². The van der Waals surface area contributed by atoms with Crippen LogP contribution in [0.3, 0.4) is 0 Å². The topological polar surface area (TPSA) is 43.4 Å². The van der Waals surface area contributed by atoms with Gasteiger partial charge in [-0.05, 0) is 0 Å². The van der Waals surface area contributed by atoms with Crippen LogP contribution < -0.4 is 0 Å². The Hall–Kier alpha value is -0.350. The molecule has 0 amide bonds. The average molecular weight is 132 g/mol. The summed E-state index contributed by atoms with van der Waals surface area (Å²) in [6.45, 7) is 0.370. The highest BCUT2D eigenvalue weighted by atomic mass is 32.2. The summed E-state index contributed by atoms with van der Waals surface area (Å²) in [5, 5.41) is -0.476. The third kappa shape index (κ3) is 1.08. The van der Waals surface area contributed by atoms with Crippen LogP contribution in [0.2, 0.25) is 0 Å². The van der Waals surface area contributed by atoms with Gasteiger partial charge >= 0.3 is 0 Å². The lowest BCUT2D eigenvalue weighted by Crippen LogP contribution is -2.17. The van der Waals surface area contributed by atoms with E-state index in [-0.39, 0.29) is 12.2 Å². The van der Waals surface area contributed by atoms with Gasteiger partial charge in [-0.3, -0.25) is 9.59 Å². The number of Topliss-reactive ketones (excluding diaryl/α,β-unsaturated/α-hetero) is 1. The summed E-state index contributed by atoms with van der Waals surface area (Å²) in [4.78, 5) is 20.6. The molecule has 0 atom stereocenters. The predicted molar refractivity (Wildman–Crippen MR) is 28.2 cm³/mol. The molecule has 4 heteroatoms. The summed E-state index contributed by atoms with van der Waals surface area (Å²) in [5.74, 6) is -0.332. The highest BCUT2D eigenvalue weighted by Crippen LogP contribution is 2.12. The van der Waals surface area contributed by atoms with Gasteiger partial charge in [0.25, 0.3) is 5.12 Å². The van der Waals surface area contributed by atoms with E-state index in [2.05, 4.69) is 4.18 Å². The Labute approximate surface area is 50.6 Å². The summed E-state index contributed by atoms with van der Waals surface area (Å²) in [6, 6.07) is 0. The highest BCUT2D eigenvalue weighted by molar-refractivity contribution is 8.11. The molecule has 1 saturated heterocycles. The Morgan fingerprint density at radius 1 is 1.50 bits per heavy atom. The molecule has 1 fully saturated rings. The van der Waals surface area contributed by atoms with Crippen LogP contribution in [-0.2, 0) is 13.8 Å². The lowest BCUT2D eigenvalue weighted by atomic mass is 10.3. The number of ketones is 1. The normalized spacial score (nSPS) is 21.5. The number of rotatable bonds is 0. The van der Waals surface area contributed by atoms with Gasteiger partial charge in [-0.2, -0.15) is 0 Å². The number of carbonyl (C=O) groups excluding carboxylic acids is 2. The minimum absolute atomic E-state index is 0.242. The van der Waals surface area contributed by atoms with Crippen molar-refractivity contribution in [2.45, 2.75) is 6.42 Å². The van der Waals surface area contributed by atoms with E-state index in [1.807, 2.05) is 0 Å². The van der Waals surface area contributed by atoms with Gasteiger partial charge in [-0.15, -0.1) is 0 Å². The molecule has 0 aliphatic carbocycles. The molecule has 0 aromatic rings. The molecule has 44 valence electrons. The molecule has 0 radical (unpaired) electrons. The van der Waals surface area contributed by atoms with E-state index in [1.165, 1.54) is 0 Å². The van der Waals surface area contributed by atoms with Gasteiger partial charge in [0.2, 0.25) is 5.78 Å². The maximum Gasteiger partial charge on any atom is 0.281 e. The third-order valence-corrected chi connectivity index (χ3v) is 1.44. The van der Waals surface area contributed by atoms with Crippen molar-refractivity contribution in [3.8, 4) is 0 Å². The third-order valence-electron chi connectivity index (χ3n) is 0.775. The molecule has 1 aliphatic rings. The van der Waals surface area contributed by atoms with Crippen molar-refractivity contribution in [2.24, 2.45) is 0 Å². The Balaban J connectivity index is 2.52. The van der Waals surface area contributed by atoms with E-state index >= 15 is 0 Å². The minimum atomic E-state index is -0.476. The van der Waals surface area contributed by atoms with Crippen molar-refractivity contribution in [3.63, 3.8) is 0 Å². The van der Waals surface area contributed by atoms with Crippen LogP contribution in [0.1, 0.15) is 6.42 Å². The first-order valence-electron chi connectivity index (χ1n) is 2.17. The summed E-state index contributed by atoms with van der Waals surface area (Å²) in [5.41, 5.74) is 0. The lowest BCUT2D eigenvalue weighted by molar-refractivity contribution is -0.133. The number of hydrogen-bond donors (Lipinski definition) is 0. The predicted octanol–water partition coefficient (Wildman–Crippen LogP) is 0.151. The molecule has 3 nitrogen and oxygen atoms in total. The Morgan fingerprint density at radius 3 is 2.62 bits per heavy atom. The Morgan fingerprint density at radius 2 is 2.25 bits per heavy atom. The van der Waals surface area contributed by atoms with E-state index in [0.717, 1.165) is 0 Å². The zero-order valence-corrected chi connectivity index (χ0v) is 4.86. The van der Waals surface area contributed by atoms with Crippen LogP contribution >= 0.6 is 12.0 Å². The lowest BCUT2D eigenvalue weighted by Gasteiger charge is -2.04. The molecule has 0 bridgehead atoms. The summed E-state index contributed by atoms with van der Waals surface area (Å²) in [7, 11) is 0. The fourth-order valence-corrected chi connectivity index (χ4v) is 0.847.